The second kappa shape index (κ2) is 4.96. The summed E-state index contributed by atoms with van der Waals surface area (Å²) < 4.78 is 13.1. The Balaban J connectivity index is 2.32. The van der Waals surface area contributed by atoms with Crippen LogP contribution in [0, 0.1) is 12.7 Å². The van der Waals surface area contributed by atoms with Gasteiger partial charge >= 0.3 is 0 Å². The minimum Gasteiger partial charge on any atom is -0.322 e. The topological polar surface area (TPSA) is 56.0 Å². The summed E-state index contributed by atoms with van der Waals surface area (Å²) >= 11 is 1.36. The maximum Gasteiger partial charge on any atom is 0.212 e. The largest absolute Gasteiger partial charge is 0.322 e. The minimum atomic E-state index is -0.318. The van der Waals surface area contributed by atoms with E-state index in [4.69, 9.17) is 5.73 Å². The molecule has 0 saturated heterocycles. The summed E-state index contributed by atoms with van der Waals surface area (Å²) in [5, 5.41) is 2.40. The third kappa shape index (κ3) is 2.47. The van der Waals surface area contributed by atoms with Gasteiger partial charge in [-0.1, -0.05) is 0 Å². The number of halogens is 1. The average Bonchev–Trinajstić information content (AvgIpc) is 2.81. The van der Waals surface area contributed by atoms with E-state index in [9.17, 15) is 9.18 Å². The molecule has 1 aromatic carbocycles. The summed E-state index contributed by atoms with van der Waals surface area (Å²) in [6.07, 6.45) is 0. The third-order valence-electron chi connectivity index (χ3n) is 2.56. The number of ketones is 1. The first-order valence-corrected chi connectivity index (χ1v) is 6.39. The number of hydrogen-bond donors (Lipinski definition) is 1. The van der Waals surface area contributed by atoms with E-state index in [0.29, 0.717) is 16.8 Å². The molecule has 0 saturated carbocycles. The van der Waals surface area contributed by atoms with Crippen molar-refractivity contribution in [3.8, 4) is 0 Å². The number of thiazole rings is 1. The maximum absolute atomic E-state index is 13.1. The number of nitrogens with two attached hydrogens (primary N) is 1. The van der Waals surface area contributed by atoms with E-state index < -0.39 is 0 Å². The Morgan fingerprint density at radius 2 is 2.22 bits per heavy atom. The third-order valence-corrected chi connectivity index (χ3v) is 3.61. The molecule has 0 bridgehead atoms. The fourth-order valence-corrected chi connectivity index (χ4v) is 2.29. The molecule has 0 aliphatic rings. The van der Waals surface area contributed by atoms with E-state index in [1.165, 1.54) is 29.5 Å². The number of carbonyl (C=O) groups excluding carboxylic acids is 1. The van der Waals surface area contributed by atoms with Gasteiger partial charge in [0.05, 0.1) is 6.04 Å². The summed E-state index contributed by atoms with van der Waals surface area (Å²) in [7, 11) is 0. The van der Waals surface area contributed by atoms with Crippen LogP contribution in [0.1, 0.15) is 39.6 Å². The molecule has 18 heavy (non-hydrogen) atoms. The molecule has 2 rings (SSSR count). The molecule has 2 N–H and O–H groups in total. The van der Waals surface area contributed by atoms with Gasteiger partial charge in [0.15, 0.2) is 0 Å². The molecule has 2 aromatic rings. The average molecular weight is 264 g/mol. The van der Waals surface area contributed by atoms with Gasteiger partial charge in [0, 0.05) is 10.9 Å². The number of carbonyl (C=O) groups is 1. The van der Waals surface area contributed by atoms with Crippen LogP contribution in [0.3, 0.4) is 0 Å². The van der Waals surface area contributed by atoms with Gasteiger partial charge in [0.25, 0.3) is 0 Å². The van der Waals surface area contributed by atoms with Crippen LogP contribution < -0.4 is 5.73 Å². The van der Waals surface area contributed by atoms with Gasteiger partial charge in [0.2, 0.25) is 5.78 Å². The van der Waals surface area contributed by atoms with Crippen LogP contribution in [-0.4, -0.2) is 10.8 Å². The second-order valence-corrected chi connectivity index (χ2v) is 5.04. The highest BCUT2D eigenvalue weighted by Gasteiger charge is 2.15. The van der Waals surface area contributed by atoms with Crippen molar-refractivity contribution in [2.45, 2.75) is 19.9 Å². The zero-order valence-electron chi connectivity index (χ0n) is 10.1. The minimum absolute atomic E-state index is 0.188. The Kier molecular flexibility index (Phi) is 3.54. The molecular weight excluding hydrogens is 251 g/mol. The Labute approximate surface area is 108 Å². The molecule has 1 unspecified atom stereocenters. The van der Waals surface area contributed by atoms with Crippen LogP contribution in [0.2, 0.25) is 0 Å². The van der Waals surface area contributed by atoms with Gasteiger partial charge in [0.1, 0.15) is 16.5 Å². The first kappa shape index (κ1) is 12.9. The number of aromatic nitrogens is 1. The predicted octanol–water partition coefficient (Wildman–Crippen LogP) is 2.84. The standard InChI is InChI=1S/C13H13FN2OS/c1-7-5-9(3-4-10(7)14)12(17)11-6-18-13(16-11)8(2)15/h3-6,8H,15H2,1-2H3. The van der Waals surface area contributed by atoms with Crippen LogP contribution in [-0.2, 0) is 0 Å². The van der Waals surface area contributed by atoms with Crippen molar-refractivity contribution in [2.75, 3.05) is 0 Å². The molecule has 0 aliphatic heterocycles. The molecule has 5 heteroatoms. The van der Waals surface area contributed by atoms with Gasteiger partial charge in [-0.2, -0.15) is 0 Å². The molecule has 1 heterocycles. The van der Waals surface area contributed by atoms with Crippen LogP contribution >= 0.6 is 11.3 Å². The van der Waals surface area contributed by atoms with E-state index in [2.05, 4.69) is 4.98 Å². The Morgan fingerprint density at radius 1 is 1.50 bits per heavy atom. The van der Waals surface area contributed by atoms with Gasteiger partial charge in [-0.25, -0.2) is 9.37 Å². The van der Waals surface area contributed by atoms with E-state index in [0.717, 1.165) is 5.01 Å². The lowest BCUT2D eigenvalue weighted by Gasteiger charge is -2.01. The monoisotopic (exact) mass is 264 g/mol. The summed E-state index contributed by atoms with van der Waals surface area (Å²) in [6.45, 7) is 3.44. The summed E-state index contributed by atoms with van der Waals surface area (Å²) in [6, 6.07) is 4.10. The summed E-state index contributed by atoms with van der Waals surface area (Å²) in [4.78, 5) is 16.3. The highest BCUT2D eigenvalue weighted by Crippen LogP contribution is 2.19. The molecule has 0 radical (unpaired) electrons. The van der Waals surface area contributed by atoms with Crippen molar-refractivity contribution in [3.63, 3.8) is 0 Å². The van der Waals surface area contributed by atoms with E-state index in [1.807, 2.05) is 6.92 Å². The molecule has 3 nitrogen and oxygen atoms in total. The molecule has 1 atom stereocenters. The predicted molar refractivity (Wildman–Crippen MR) is 69.3 cm³/mol. The highest BCUT2D eigenvalue weighted by molar-refractivity contribution is 7.09. The van der Waals surface area contributed by atoms with Gasteiger partial charge in [-0.3, -0.25) is 4.79 Å². The Hall–Kier alpha value is -1.59. The second-order valence-electron chi connectivity index (χ2n) is 4.15. The lowest BCUT2D eigenvalue weighted by atomic mass is 10.1. The first-order valence-electron chi connectivity index (χ1n) is 5.51. The molecule has 0 aliphatic carbocycles. The molecule has 94 valence electrons. The summed E-state index contributed by atoms with van der Waals surface area (Å²) in [5.41, 5.74) is 6.94. The molecule has 0 amide bonds. The van der Waals surface area contributed by atoms with E-state index >= 15 is 0 Å². The van der Waals surface area contributed by atoms with Crippen molar-refractivity contribution in [2.24, 2.45) is 5.73 Å². The van der Waals surface area contributed by atoms with Gasteiger partial charge in [-0.05, 0) is 37.6 Å². The van der Waals surface area contributed by atoms with Crippen LogP contribution in [0.15, 0.2) is 23.6 Å². The summed E-state index contributed by atoms with van der Waals surface area (Å²) in [5.74, 6) is -0.526. The van der Waals surface area contributed by atoms with Gasteiger partial charge in [-0.15, -0.1) is 11.3 Å². The molecule has 0 spiro atoms. The Morgan fingerprint density at radius 3 is 2.78 bits per heavy atom. The first-order chi connectivity index (χ1) is 8.49. The van der Waals surface area contributed by atoms with Crippen molar-refractivity contribution in [1.29, 1.82) is 0 Å². The fraction of sp³-hybridized carbons (Fsp3) is 0.231. The van der Waals surface area contributed by atoms with E-state index in [-0.39, 0.29) is 17.6 Å². The normalized spacial score (nSPS) is 12.4. The van der Waals surface area contributed by atoms with Crippen LogP contribution in [0.5, 0.6) is 0 Å². The molecule has 1 aromatic heterocycles. The SMILES string of the molecule is Cc1cc(C(=O)c2csc(C(C)N)n2)ccc1F. The number of hydrogen-bond acceptors (Lipinski definition) is 4. The fourth-order valence-electron chi connectivity index (χ4n) is 1.53. The Bertz CT molecular complexity index is 592. The van der Waals surface area contributed by atoms with Crippen molar-refractivity contribution >= 4 is 17.1 Å². The van der Waals surface area contributed by atoms with Crippen molar-refractivity contribution < 1.29 is 9.18 Å². The lowest BCUT2D eigenvalue weighted by molar-refractivity contribution is 0.103. The lowest BCUT2D eigenvalue weighted by Crippen LogP contribution is -2.07. The van der Waals surface area contributed by atoms with Crippen molar-refractivity contribution in [1.82, 2.24) is 4.98 Å². The van der Waals surface area contributed by atoms with E-state index in [1.54, 1.807) is 12.3 Å². The molecule has 0 fully saturated rings. The smallest absolute Gasteiger partial charge is 0.212 e. The highest BCUT2D eigenvalue weighted by atomic mass is 32.1. The quantitative estimate of drug-likeness (QED) is 0.867. The van der Waals surface area contributed by atoms with Crippen molar-refractivity contribution in [3.05, 3.63) is 51.2 Å². The number of aryl methyl sites for hydroxylation is 1. The van der Waals surface area contributed by atoms with Crippen LogP contribution in [0.25, 0.3) is 0 Å². The maximum atomic E-state index is 13.1. The number of nitrogens with zero attached hydrogens (tertiary/aromatic N) is 1. The number of benzene rings is 1. The molecular formula is C13H13FN2OS. The van der Waals surface area contributed by atoms with Gasteiger partial charge < -0.3 is 5.73 Å². The zero-order chi connectivity index (χ0) is 13.3. The zero-order valence-corrected chi connectivity index (χ0v) is 10.9. The number of rotatable bonds is 3. The van der Waals surface area contributed by atoms with Crippen LogP contribution in [0.4, 0.5) is 4.39 Å².